The number of aryl methyl sites for hydroxylation is 1. The minimum atomic E-state index is -3.47. The Bertz CT molecular complexity index is 1140. The van der Waals surface area contributed by atoms with Crippen LogP contribution in [0.5, 0.6) is 0 Å². The fourth-order valence-electron chi connectivity index (χ4n) is 3.28. The molecule has 3 aromatic rings. The first-order chi connectivity index (χ1) is 15.3. The predicted octanol–water partition coefficient (Wildman–Crippen LogP) is 4.24. The molecule has 0 spiro atoms. The number of hydrogen-bond acceptors (Lipinski definition) is 4. The number of sulfonamides is 1. The van der Waals surface area contributed by atoms with Gasteiger partial charge >= 0.3 is 0 Å². The Kier molecular flexibility index (Phi) is 7.82. The van der Waals surface area contributed by atoms with Gasteiger partial charge in [-0.1, -0.05) is 61.4 Å². The van der Waals surface area contributed by atoms with Crippen molar-refractivity contribution < 1.29 is 13.2 Å². The first-order valence-corrected chi connectivity index (χ1v) is 12.4. The number of nitrogens with zero attached hydrogens (tertiary/aromatic N) is 3. The van der Waals surface area contributed by atoms with Gasteiger partial charge in [-0.2, -0.15) is 9.40 Å². The van der Waals surface area contributed by atoms with Crippen molar-refractivity contribution in [2.45, 2.75) is 33.6 Å². The number of unbranched alkanes of at least 4 members (excludes halogenated alkanes) is 1. The second-order valence-electron chi connectivity index (χ2n) is 7.66. The van der Waals surface area contributed by atoms with E-state index in [1.807, 2.05) is 68.4 Å². The van der Waals surface area contributed by atoms with E-state index in [0.29, 0.717) is 24.5 Å². The van der Waals surface area contributed by atoms with Gasteiger partial charge in [0.25, 0.3) is 0 Å². The Morgan fingerprint density at radius 3 is 2.38 bits per heavy atom. The summed E-state index contributed by atoms with van der Waals surface area (Å²) >= 11 is 0. The fraction of sp³-hybridized carbons (Fsp3) is 0.333. The van der Waals surface area contributed by atoms with E-state index in [0.717, 1.165) is 23.2 Å². The molecule has 0 aliphatic rings. The van der Waals surface area contributed by atoms with Crippen LogP contribution in [0.2, 0.25) is 0 Å². The molecular formula is C24H30N4O3S. The Morgan fingerprint density at radius 1 is 1.06 bits per heavy atom. The smallest absolute Gasteiger partial charge is 0.240 e. The number of rotatable bonds is 10. The van der Waals surface area contributed by atoms with Crippen LogP contribution in [0.1, 0.15) is 32.3 Å². The van der Waals surface area contributed by atoms with Crippen LogP contribution in [-0.4, -0.2) is 47.3 Å². The molecule has 3 rings (SSSR count). The molecule has 1 aromatic heterocycles. The number of hydrogen-bond donors (Lipinski definition) is 1. The molecule has 1 amide bonds. The van der Waals surface area contributed by atoms with Crippen LogP contribution in [0.15, 0.2) is 60.7 Å². The summed E-state index contributed by atoms with van der Waals surface area (Å²) in [5.74, 6) is 0.0525. The van der Waals surface area contributed by atoms with Gasteiger partial charge in [0.05, 0.1) is 23.7 Å². The molecule has 2 aromatic carbocycles. The molecule has 0 radical (unpaired) electrons. The molecule has 0 atom stereocenters. The van der Waals surface area contributed by atoms with Gasteiger partial charge in [0, 0.05) is 18.2 Å². The third-order valence-corrected chi connectivity index (χ3v) is 6.99. The second kappa shape index (κ2) is 10.6. The predicted molar refractivity (Wildman–Crippen MR) is 128 cm³/mol. The maximum atomic E-state index is 12.9. The summed E-state index contributed by atoms with van der Waals surface area (Å²) in [6, 6.07) is 19.3. The standard InChI is InChI=1S/C24H30N4O3S/c1-4-6-16-27(32(30,31)5-2)18-24(29)25-23-17-22(20-10-8-7-9-11-20)26-28(23)21-14-12-19(3)13-15-21/h7-15,17H,4-6,16,18H2,1-3H3,(H,25,29). The van der Waals surface area contributed by atoms with Crippen LogP contribution in [0.25, 0.3) is 16.9 Å². The van der Waals surface area contributed by atoms with Crippen LogP contribution in [0.4, 0.5) is 5.82 Å². The van der Waals surface area contributed by atoms with Gasteiger partial charge in [0.15, 0.2) is 0 Å². The zero-order valence-corrected chi connectivity index (χ0v) is 19.6. The molecule has 32 heavy (non-hydrogen) atoms. The molecule has 170 valence electrons. The zero-order chi connectivity index (χ0) is 23.1. The van der Waals surface area contributed by atoms with Crippen molar-refractivity contribution in [2.24, 2.45) is 0 Å². The molecule has 8 heteroatoms. The highest BCUT2D eigenvalue weighted by Gasteiger charge is 2.23. The van der Waals surface area contributed by atoms with E-state index in [9.17, 15) is 13.2 Å². The first kappa shape index (κ1) is 23.7. The monoisotopic (exact) mass is 454 g/mol. The topological polar surface area (TPSA) is 84.3 Å². The number of benzene rings is 2. The van der Waals surface area contributed by atoms with E-state index < -0.39 is 15.9 Å². The minimum absolute atomic E-state index is 0.0382. The summed E-state index contributed by atoms with van der Waals surface area (Å²) in [6.07, 6.45) is 1.55. The van der Waals surface area contributed by atoms with Crippen molar-refractivity contribution in [2.75, 3.05) is 24.2 Å². The lowest BCUT2D eigenvalue weighted by atomic mass is 10.1. The number of nitrogens with one attached hydrogen (secondary N) is 1. The first-order valence-electron chi connectivity index (χ1n) is 10.8. The molecule has 0 unspecified atom stereocenters. The number of aromatic nitrogens is 2. The maximum absolute atomic E-state index is 12.9. The van der Waals surface area contributed by atoms with Gasteiger partial charge in [-0.15, -0.1) is 0 Å². The van der Waals surface area contributed by atoms with Gasteiger partial charge < -0.3 is 5.32 Å². The fourth-order valence-corrected chi connectivity index (χ4v) is 4.37. The van der Waals surface area contributed by atoms with Gasteiger partial charge in [-0.25, -0.2) is 13.1 Å². The molecule has 7 nitrogen and oxygen atoms in total. The van der Waals surface area contributed by atoms with Crippen LogP contribution < -0.4 is 5.32 Å². The molecule has 0 saturated carbocycles. The maximum Gasteiger partial charge on any atom is 0.240 e. The van der Waals surface area contributed by atoms with Gasteiger partial charge in [-0.05, 0) is 32.4 Å². The summed E-state index contributed by atoms with van der Waals surface area (Å²) in [5, 5.41) is 7.57. The van der Waals surface area contributed by atoms with Crippen molar-refractivity contribution in [1.29, 1.82) is 0 Å². The van der Waals surface area contributed by atoms with E-state index in [-0.39, 0.29) is 12.3 Å². The van der Waals surface area contributed by atoms with Gasteiger partial charge in [-0.3, -0.25) is 4.79 Å². The lowest BCUT2D eigenvalue weighted by molar-refractivity contribution is -0.116. The number of anilines is 1. The molecule has 0 bridgehead atoms. The lowest BCUT2D eigenvalue weighted by Gasteiger charge is -2.20. The number of carbonyl (C=O) groups excluding carboxylic acids is 1. The third kappa shape index (κ3) is 5.83. The molecular weight excluding hydrogens is 424 g/mol. The summed E-state index contributed by atoms with van der Waals surface area (Å²) in [6.45, 7) is 5.68. The summed E-state index contributed by atoms with van der Waals surface area (Å²) in [7, 11) is -3.47. The van der Waals surface area contributed by atoms with E-state index >= 15 is 0 Å². The minimum Gasteiger partial charge on any atom is -0.309 e. The lowest BCUT2D eigenvalue weighted by Crippen LogP contribution is -2.39. The average Bonchev–Trinajstić information content (AvgIpc) is 3.21. The van der Waals surface area contributed by atoms with Crippen LogP contribution in [0.3, 0.4) is 0 Å². The summed E-state index contributed by atoms with van der Waals surface area (Å²) < 4.78 is 27.8. The normalized spacial score (nSPS) is 11.6. The SMILES string of the molecule is CCCCN(CC(=O)Nc1cc(-c2ccccc2)nn1-c1ccc(C)cc1)S(=O)(=O)CC. The van der Waals surface area contributed by atoms with E-state index in [1.54, 1.807) is 17.7 Å². The van der Waals surface area contributed by atoms with Crippen molar-refractivity contribution in [3.8, 4) is 16.9 Å². The summed E-state index contributed by atoms with van der Waals surface area (Å²) in [5.41, 5.74) is 3.56. The van der Waals surface area contributed by atoms with Gasteiger partial charge in [0.1, 0.15) is 5.82 Å². The molecule has 1 heterocycles. The highest BCUT2D eigenvalue weighted by atomic mass is 32.2. The Labute approximate surface area is 190 Å². The quantitative estimate of drug-likeness (QED) is 0.497. The third-order valence-electron chi connectivity index (χ3n) is 5.16. The average molecular weight is 455 g/mol. The number of carbonyl (C=O) groups is 1. The molecule has 0 saturated heterocycles. The van der Waals surface area contributed by atoms with Crippen LogP contribution in [0, 0.1) is 6.92 Å². The van der Waals surface area contributed by atoms with E-state index in [2.05, 4.69) is 5.32 Å². The molecule has 0 aliphatic heterocycles. The Hall–Kier alpha value is -2.97. The molecule has 0 fully saturated rings. The largest absolute Gasteiger partial charge is 0.309 e. The Morgan fingerprint density at radius 2 is 1.75 bits per heavy atom. The highest BCUT2D eigenvalue weighted by Crippen LogP contribution is 2.25. The highest BCUT2D eigenvalue weighted by molar-refractivity contribution is 7.89. The Balaban J connectivity index is 1.90. The van der Waals surface area contributed by atoms with Gasteiger partial charge in [0.2, 0.25) is 15.9 Å². The van der Waals surface area contributed by atoms with Crippen molar-refractivity contribution in [1.82, 2.24) is 14.1 Å². The summed E-state index contributed by atoms with van der Waals surface area (Å²) in [4.78, 5) is 12.9. The van der Waals surface area contributed by atoms with E-state index in [4.69, 9.17) is 5.10 Å². The van der Waals surface area contributed by atoms with Crippen molar-refractivity contribution >= 4 is 21.7 Å². The van der Waals surface area contributed by atoms with Crippen molar-refractivity contribution in [3.05, 3.63) is 66.2 Å². The zero-order valence-electron chi connectivity index (χ0n) is 18.8. The van der Waals surface area contributed by atoms with Crippen LogP contribution in [-0.2, 0) is 14.8 Å². The molecule has 1 N–H and O–H groups in total. The van der Waals surface area contributed by atoms with Crippen molar-refractivity contribution in [3.63, 3.8) is 0 Å². The second-order valence-corrected chi connectivity index (χ2v) is 9.92. The van der Waals surface area contributed by atoms with E-state index in [1.165, 1.54) is 4.31 Å². The number of amides is 1. The van der Waals surface area contributed by atoms with Crippen LogP contribution >= 0.6 is 0 Å². The molecule has 0 aliphatic carbocycles.